The highest BCUT2D eigenvalue weighted by atomic mass is 79.9. The highest BCUT2D eigenvalue weighted by Crippen LogP contribution is 2.22. The van der Waals surface area contributed by atoms with Gasteiger partial charge in [-0.25, -0.2) is 8.42 Å². The lowest BCUT2D eigenvalue weighted by atomic mass is 10.1. The monoisotopic (exact) mass is 567 g/mol. The minimum atomic E-state index is -3.76. The van der Waals surface area contributed by atoms with Crippen LogP contribution in [0.5, 0.6) is 5.75 Å². The van der Waals surface area contributed by atoms with Gasteiger partial charge < -0.3 is 15.0 Å². The zero-order valence-corrected chi connectivity index (χ0v) is 23.2. The molecule has 0 saturated heterocycles. The molecule has 0 aliphatic carbocycles. The lowest BCUT2D eigenvalue weighted by Gasteiger charge is -2.33. The predicted octanol–water partition coefficient (Wildman–Crippen LogP) is 3.95. The smallest absolute Gasteiger partial charge is 0.244 e. The van der Waals surface area contributed by atoms with Gasteiger partial charge in [0.15, 0.2) is 0 Å². The van der Waals surface area contributed by atoms with Crippen LogP contribution in [0.25, 0.3) is 0 Å². The molecule has 10 heteroatoms. The van der Waals surface area contributed by atoms with Crippen molar-refractivity contribution >= 4 is 43.5 Å². The molecule has 2 atom stereocenters. The number of halogens is 1. The molecule has 0 fully saturated rings. The largest absolute Gasteiger partial charge is 0.497 e. The number of carbonyl (C=O) groups excluding carboxylic acids is 2. The topological polar surface area (TPSA) is 96.0 Å². The summed E-state index contributed by atoms with van der Waals surface area (Å²) in [4.78, 5) is 28.2. The number of hydrogen-bond donors (Lipinski definition) is 1. The van der Waals surface area contributed by atoms with Crippen LogP contribution in [0.4, 0.5) is 5.69 Å². The average Bonchev–Trinajstić information content (AvgIpc) is 2.82. The van der Waals surface area contributed by atoms with Gasteiger partial charge in [-0.3, -0.25) is 13.9 Å². The summed E-state index contributed by atoms with van der Waals surface area (Å²) in [7, 11) is -2.19. The summed E-state index contributed by atoms with van der Waals surface area (Å²) in [5, 5.41) is 2.95. The van der Waals surface area contributed by atoms with Crippen molar-refractivity contribution in [3.8, 4) is 5.75 Å². The van der Waals surface area contributed by atoms with Gasteiger partial charge in [-0.05, 0) is 61.7 Å². The number of ether oxygens (including phenoxy) is 1. The van der Waals surface area contributed by atoms with Crippen molar-refractivity contribution in [2.75, 3.05) is 24.2 Å². The van der Waals surface area contributed by atoms with E-state index in [0.29, 0.717) is 17.9 Å². The quantitative estimate of drug-likeness (QED) is 0.419. The summed E-state index contributed by atoms with van der Waals surface area (Å²) in [6.45, 7) is 5.42. The fourth-order valence-corrected chi connectivity index (χ4v) is 4.62. The van der Waals surface area contributed by atoms with Crippen molar-refractivity contribution in [1.29, 1.82) is 0 Å². The summed E-state index contributed by atoms with van der Waals surface area (Å²) in [5.41, 5.74) is 1.16. The van der Waals surface area contributed by atoms with E-state index in [2.05, 4.69) is 21.2 Å². The molecule has 2 aromatic carbocycles. The van der Waals surface area contributed by atoms with Gasteiger partial charge >= 0.3 is 0 Å². The van der Waals surface area contributed by atoms with Gasteiger partial charge in [0, 0.05) is 17.1 Å². The molecule has 0 aliphatic heterocycles. The minimum Gasteiger partial charge on any atom is -0.497 e. The minimum absolute atomic E-state index is 0.0511. The molecule has 0 aromatic heterocycles. The van der Waals surface area contributed by atoms with Crippen LogP contribution >= 0.6 is 15.9 Å². The number of rotatable bonds is 12. The first-order chi connectivity index (χ1) is 16.5. The summed E-state index contributed by atoms with van der Waals surface area (Å²) < 4.78 is 32.3. The van der Waals surface area contributed by atoms with Crippen LogP contribution in [0.15, 0.2) is 53.0 Å². The van der Waals surface area contributed by atoms with E-state index in [9.17, 15) is 18.0 Å². The van der Waals surface area contributed by atoms with Crippen molar-refractivity contribution < 1.29 is 22.7 Å². The molecule has 0 radical (unpaired) electrons. The summed E-state index contributed by atoms with van der Waals surface area (Å²) in [6.07, 6.45) is 2.18. The standard InChI is InChI=1S/C25H34BrN3O5S/c1-6-18(3)27-25(31)23(7-2)28(16-19-8-14-22(34-4)15-9-19)24(30)17-29(35(5,32)33)21-12-10-20(26)11-13-21/h8-15,18,23H,6-7,16-17H2,1-5H3,(H,27,31)/t18-,23-/m1/s1. The van der Waals surface area contributed by atoms with E-state index in [4.69, 9.17) is 4.74 Å². The molecule has 35 heavy (non-hydrogen) atoms. The van der Waals surface area contributed by atoms with Crippen LogP contribution in [-0.2, 0) is 26.2 Å². The molecule has 0 spiro atoms. The van der Waals surface area contributed by atoms with Gasteiger partial charge in [0.05, 0.1) is 19.1 Å². The Kier molecular flexibility index (Phi) is 10.6. The van der Waals surface area contributed by atoms with Crippen molar-refractivity contribution in [2.45, 2.75) is 52.2 Å². The number of carbonyl (C=O) groups is 2. The first-order valence-electron chi connectivity index (χ1n) is 11.5. The summed E-state index contributed by atoms with van der Waals surface area (Å²) >= 11 is 3.34. The van der Waals surface area contributed by atoms with Crippen LogP contribution in [0.1, 0.15) is 39.2 Å². The Hall–Kier alpha value is -2.59. The number of methoxy groups -OCH3 is 1. The SMILES string of the molecule is CC[C@@H](C)NC(=O)[C@@H](CC)N(Cc1ccc(OC)cc1)C(=O)CN(c1ccc(Br)cc1)S(C)(=O)=O. The number of sulfonamides is 1. The number of benzene rings is 2. The van der Waals surface area contributed by atoms with E-state index >= 15 is 0 Å². The average molecular weight is 569 g/mol. The Morgan fingerprint density at radius 1 is 1.03 bits per heavy atom. The number of nitrogens with zero attached hydrogens (tertiary/aromatic N) is 2. The number of hydrogen-bond acceptors (Lipinski definition) is 5. The Morgan fingerprint density at radius 3 is 2.11 bits per heavy atom. The Labute approximate surface area is 216 Å². The molecule has 0 aliphatic rings. The van der Waals surface area contributed by atoms with Gasteiger partial charge in [0.1, 0.15) is 18.3 Å². The predicted molar refractivity (Wildman–Crippen MR) is 142 cm³/mol. The second kappa shape index (κ2) is 12.9. The summed E-state index contributed by atoms with van der Waals surface area (Å²) in [5.74, 6) is -0.0646. The van der Waals surface area contributed by atoms with Gasteiger partial charge in [0.25, 0.3) is 0 Å². The third-order valence-electron chi connectivity index (χ3n) is 5.69. The maximum absolute atomic E-state index is 13.6. The van der Waals surface area contributed by atoms with E-state index in [1.54, 1.807) is 43.5 Å². The first kappa shape index (κ1) is 28.6. The van der Waals surface area contributed by atoms with Crippen molar-refractivity contribution in [3.63, 3.8) is 0 Å². The molecule has 0 heterocycles. The van der Waals surface area contributed by atoms with E-state index < -0.39 is 28.5 Å². The molecule has 192 valence electrons. The van der Waals surface area contributed by atoms with E-state index in [-0.39, 0.29) is 18.5 Å². The molecule has 0 saturated carbocycles. The highest BCUT2D eigenvalue weighted by Gasteiger charge is 2.32. The number of nitrogens with one attached hydrogen (secondary N) is 1. The second-order valence-corrected chi connectivity index (χ2v) is 11.2. The van der Waals surface area contributed by atoms with E-state index in [1.165, 1.54) is 4.90 Å². The molecule has 0 unspecified atom stereocenters. The van der Waals surface area contributed by atoms with E-state index in [0.717, 1.165) is 27.0 Å². The van der Waals surface area contributed by atoms with Gasteiger partial charge in [-0.2, -0.15) is 0 Å². The normalized spacial score (nSPS) is 13.0. The van der Waals surface area contributed by atoms with Gasteiger partial charge in [0.2, 0.25) is 21.8 Å². The number of amides is 2. The molecule has 8 nitrogen and oxygen atoms in total. The van der Waals surface area contributed by atoms with Crippen LogP contribution in [0, 0.1) is 0 Å². The molecular weight excluding hydrogens is 534 g/mol. The fourth-order valence-electron chi connectivity index (χ4n) is 3.51. The molecule has 0 bridgehead atoms. The number of anilines is 1. The molecule has 1 N–H and O–H groups in total. The Morgan fingerprint density at radius 2 is 1.63 bits per heavy atom. The highest BCUT2D eigenvalue weighted by molar-refractivity contribution is 9.10. The van der Waals surface area contributed by atoms with Gasteiger partial charge in [-0.15, -0.1) is 0 Å². The molecule has 2 amide bonds. The lowest BCUT2D eigenvalue weighted by molar-refractivity contribution is -0.140. The fraction of sp³-hybridized carbons (Fsp3) is 0.440. The Bertz CT molecular complexity index is 1090. The van der Waals surface area contributed by atoms with Crippen molar-refractivity contribution in [3.05, 3.63) is 58.6 Å². The maximum Gasteiger partial charge on any atom is 0.244 e. The van der Waals surface area contributed by atoms with Crippen LogP contribution in [0.2, 0.25) is 0 Å². The molecular formula is C25H34BrN3O5S. The summed E-state index contributed by atoms with van der Waals surface area (Å²) in [6, 6.07) is 13.1. The van der Waals surface area contributed by atoms with Crippen molar-refractivity contribution in [2.24, 2.45) is 0 Å². The Balaban J connectivity index is 2.42. The zero-order chi connectivity index (χ0) is 26.2. The van der Waals surface area contributed by atoms with E-state index in [1.807, 2.05) is 32.9 Å². The molecule has 2 aromatic rings. The second-order valence-electron chi connectivity index (χ2n) is 8.36. The third-order valence-corrected chi connectivity index (χ3v) is 7.36. The van der Waals surface area contributed by atoms with Crippen molar-refractivity contribution in [1.82, 2.24) is 10.2 Å². The third kappa shape index (κ3) is 8.24. The van der Waals surface area contributed by atoms with Gasteiger partial charge in [-0.1, -0.05) is 41.9 Å². The maximum atomic E-state index is 13.6. The zero-order valence-electron chi connectivity index (χ0n) is 20.8. The van der Waals surface area contributed by atoms with Crippen LogP contribution < -0.4 is 14.4 Å². The first-order valence-corrected chi connectivity index (χ1v) is 14.1. The lowest BCUT2D eigenvalue weighted by Crippen LogP contribution is -2.53. The van der Waals surface area contributed by atoms with Crippen LogP contribution in [0.3, 0.4) is 0 Å². The van der Waals surface area contributed by atoms with Crippen LogP contribution in [-0.4, -0.2) is 57.1 Å². The molecule has 2 rings (SSSR count).